The number of pyridine rings is 1. The standard InChI is InChI=1S/C24H25N5O4/c25-21(30)18-6-15-12-32-4-3-19(15)28-23(18)33-17-9-24(10-17)7-16(8-24)27-22(31)13-1-2-20-14(5-13)11-26-29-20/h1-2,5-6,11,16-17H,3-4,7-10,12H2,(H2,25,30)(H,26,29)(H,27,31). The highest BCUT2D eigenvalue weighted by Gasteiger charge is 2.54. The highest BCUT2D eigenvalue weighted by atomic mass is 16.5. The summed E-state index contributed by atoms with van der Waals surface area (Å²) in [6, 6.07) is 7.45. The Morgan fingerprint density at radius 3 is 2.88 bits per heavy atom. The number of carbonyl (C=O) groups excluding carboxylic acids is 2. The van der Waals surface area contributed by atoms with Crippen LogP contribution in [0.25, 0.3) is 10.9 Å². The molecule has 3 aliphatic rings. The lowest BCUT2D eigenvalue weighted by Gasteiger charge is -2.57. The van der Waals surface area contributed by atoms with E-state index in [0.717, 1.165) is 47.8 Å². The van der Waals surface area contributed by atoms with E-state index in [9.17, 15) is 9.59 Å². The lowest BCUT2D eigenvalue weighted by molar-refractivity contribution is -0.0849. The quantitative estimate of drug-likeness (QED) is 0.550. The Hall–Kier alpha value is -3.46. The lowest BCUT2D eigenvalue weighted by atomic mass is 9.53. The molecule has 9 heteroatoms. The smallest absolute Gasteiger partial charge is 0.254 e. The van der Waals surface area contributed by atoms with Crippen LogP contribution in [0.2, 0.25) is 0 Å². The number of carbonyl (C=O) groups is 2. The Kier molecular flexibility index (Phi) is 4.62. The molecule has 3 aromatic rings. The Bertz CT molecular complexity index is 1250. The first-order chi connectivity index (χ1) is 16.0. The fourth-order valence-corrected chi connectivity index (χ4v) is 5.45. The number of hydrogen-bond donors (Lipinski definition) is 3. The summed E-state index contributed by atoms with van der Waals surface area (Å²) in [5.74, 6) is -0.264. The second kappa shape index (κ2) is 7.55. The monoisotopic (exact) mass is 447 g/mol. The number of nitrogens with one attached hydrogen (secondary N) is 2. The number of fused-ring (bicyclic) bond motifs is 2. The number of aromatic amines is 1. The zero-order chi connectivity index (χ0) is 22.6. The van der Waals surface area contributed by atoms with Gasteiger partial charge in [0.05, 0.1) is 30.6 Å². The minimum atomic E-state index is -0.542. The SMILES string of the molecule is NC(=O)c1cc2c(nc1OC1CC3(CC(NC(=O)c4ccc5[nH]ncc5c4)C3)C1)CCOC2. The predicted molar refractivity (Wildman–Crippen MR) is 119 cm³/mol. The molecule has 2 aliphatic carbocycles. The lowest BCUT2D eigenvalue weighted by Crippen LogP contribution is -2.58. The third-order valence-electron chi connectivity index (χ3n) is 7.16. The van der Waals surface area contributed by atoms with Crippen LogP contribution in [0.5, 0.6) is 5.88 Å². The number of amides is 2. The number of nitrogens with zero attached hydrogens (tertiary/aromatic N) is 2. The first kappa shape index (κ1) is 20.2. The van der Waals surface area contributed by atoms with Gasteiger partial charge in [-0.15, -0.1) is 0 Å². The Balaban J connectivity index is 1.05. The molecule has 9 nitrogen and oxygen atoms in total. The van der Waals surface area contributed by atoms with E-state index in [2.05, 4.69) is 20.5 Å². The second-order valence-corrected chi connectivity index (χ2v) is 9.51. The van der Waals surface area contributed by atoms with Crippen molar-refractivity contribution in [2.75, 3.05) is 6.61 Å². The fourth-order valence-electron chi connectivity index (χ4n) is 5.45. The molecule has 1 aromatic carbocycles. The van der Waals surface area contributed by atoms with Crippen molar-refractivity contribution in [2.45, 2.75) is 50.9 Å². The largest absolute Gasteiger partial charge is 0.474 e. The number of primary amides is 1. The van der Waals surface area contributed by atoms with E-state index in [1.165, 1.54) is 0 Å². The summed E-state index contributed by atoms with van der Waals surface area (Å²) in [4.78, 5) is 29.1. The molecule has 33 heavy (non-hydrogen) atoms. The van der Waals surface area contributed by atoms with E-state index in [-0.39, 0.29) is 23.5 Å². The van der Waals surface area contributed by atoms with Gasteiger partial charge in [-0.3, -0.25) is 14.7 Å². The van der Waals surface area contributed by atoms with E-state index < -0.39 is 5.91 Å². The number of benzene rings is 1. The predicted octanol–water partition coefficient (Wildman–Crippen LogP) is 2.25. The molecule has 3 heterocycles. The topological polar surface area (TPSA) is 132 Å². The van der Waals surface area contributed by atoms with Crippen LogP contribution in [0.4, 0.5) is 0 Å². The fraction of sp³-hybridized carbons (Fsp3) is 0.417. The van der Waals surface area contributed by atoms with Crippen LogP contribution in [-0.4, -0.2) is 45.7 Å². The second-order valence-electron chi connectivity index (χ2n) is 9.51. The maximum atomic E-state index is 12.6. The van der Waals surface area contributed by atoms with Crippen LogP contribution in [0.3, 0.4) is 0 Å². The van der Waals surface area contributed by atoms with Crippen molar-refractivity contribution < 1.29 is 19.1 Å². The summed E-state index contributed by atoms with van der Waals surface area (Å²) in [7, 11) is 0. The maximum Gasteiger partial charge on any atom is 0.254 e. The third-order valence-corrected chi connectivity index (χ3v) is 7.16. The van der Waals surface area contributed by atoms with Crippen LogP contribution in [0.1, 0.15) is 57.7 Å². The van der Waals surface area contributed by atoms with Crippen molar-refractivity contribution in [1.29, 1.82) is 0 Å². The summed E-state index contributed by atoms with van der Waals surface area (Å²) in [6.07, 6.45) is 6.07. The van der Waals surface area contributed by atoms with Crippen LogP contribution < -0.4 is 15.8 Å². The minimum Gasteiger partial charge on any atom is -0.474 e. The molecular weight excluding hydrogens is 422 g/mol. The number of aromatic nitrogens is 3. The Morgan fingerprint density at radius 2 is 2.06 bits per heavy atom. The van der Waals surface area contributed by atoms with E-state index >= 15 is 0 Å². The molecule has 0 saturated heterocycles. The van der Waals surface area contributed by atoms with Gasteiger partial charge in [-0.1, -0.05) is 0 Å². The number of rotatable bonds is 5. The molecular formula is C24H25N5O4. The molecule has 0 atom stereocenters. The number of H-pyrrole nitrogens is 1. The van der Waals surface area contributed by atoms with Crippen LogP contribution in [0.15, 0.2) is 30.5 Å². The zero-order valence-electron chi connectivity index (χ0n) is 18.1. The third kappa shape index (κ3) is 3.62. The molecule has 6 rings (SSSR count). The summed E-state index contributed by atoms with van der Waals surface area (Å²) in [5.41, 5.74) is 9.45. The van der Waals surface area contributed by atoms with Crippen molar-refractivity contribution in [1.82, 2.24) is 20.5 Å². The van der Waals surface area contributed by atoms with Crippen molar-refractivity contribution >= 4 is 22.7 Å². The number of ether oxygens (including phenoxy) is 2. The Morgan fingerprint density at radius 1 is 1.21 bits per heavy atom. The highest BCUT2D eigenvalue weighted by Crippen LogP contribution is 2.56. The van der Waals surface area contributed by atoms with Crippen molar-refractivity contribution in [2.24, 2.45) is 11.1 Å². The van der Waals surface area contributed by atoms with Crippen LogP contribution in [0, 0.1) is 5.41 Å². The molecule has 1 aliphatic heterocycles. The Labute approximate surface area is 190 Å². The van der Waals surface area contributed by atoms with E-state index in [1.54, 1.807) is 12.3 Å². The van der Waals surface area contributed by atoms with Crippen LogP contribution in [-0.2, 0) is 17.8 Å². The van der Waals surface area contributed by atoms with Crippen molar-refractivity contribution in [3.63, 3.8) is 0 Å². The molecule has 2 fully saturated rings. The summed E-state index contributed by atoms with van der Waals surface area (Å²) >= 11 is 0. The van der Waals surface area contributed by atoms with E-state index in [0.29, 0.717) is 36.6 Å². The summed E-state index contributed by atoms with van der Waals surface area (Å²) < 4.78 is 11.6. The molecule has 2 saturated carbocycles. The van der Waals surface area contributed by atoms with Gasteiger partial charge in [0.1, 0.15) is 11.7 Å². The zero-order valence-corrected chi connectivity index (χ0v) is 18.1. The molecule has 170 valence electrons. The van der Waals surface area contributed by atoms with Gasteiger partial charge in [-0.2, -0.15) is 5.10 Å². The molecule has 2 aromatic heterocycles. The van der Waals surface area contributed by atoms with Gasteiger partial charge in [0.2, 0.25) is 5.88 Å². The first-order valence-electron chi connectivity index (χ1n) is 11.3. The van der Waals surface area contributed by atoms with Gasteiger partial charge >= 0.3 is 0 Å². The minimum absolute atomic E-state index is 0.00800. The van der Waals surface area contributed by atoms with Crippen molar-refractivity contribution in [3.05, 3.63) is 52.8 Å². The molecule has 0 radical (unpaired) electrons. The molecule has 4 N–H and O–H groups in total. The molecule has 0 bridgehead atoms. The molecule has 1 spiro atoms. The average molecular weight is 447 g/mol. The van der Waals surface area contributed by atoms with Crippen molar-refractivity contribution in [3.8, 4) is 5.88 Å². The van der Waals surface area contributed by atoms with Gasteiger partial charge in [-0.25, -0.2) is 4.98 Å². The number of nitrogens with two attached hydrogens (primary N) is 1. The van der Waals surface area contributed by atoms with Gasteiger partial charge in [-0.05, 0) is 55.4 Å². The normalized spacial score (nSPS) is 25.7. The molecule has 2 amide bonds. The number of hydrogen-bond acceptors (Lipinski definition) is 6. The first-order valence-corrected chi connectivity index (χ1v) is 11.3. The summed E-state index contributed by atoms with van der Waals surface area (Å²) in [5, 5.41) is 10.9. The van der Waals surface area contributed by atoms with Crippen LogP contribution >= 0.6 is 0 Å². The van der Waals surface area contributed by atoms with Gasteiger partial charge in [0, 0.05) is 29.0 Å². The van der Waals surface area contributed by atoms with Gasteiger partial charge in [0.25, 0.3) is 11.8 Å². The van der Waals surface area contributed by atoms with Gasteiger partial charge in [0.15, 0.2) is 0 Å². The summed E-state index contributed by atoms with van der Waals surface area (Å²) in [6.45, 7) is 1.06. The van der Waals surface area contributed by atoms with Gasteiger partial charge < -0.3 is 20.5 Å². The van der Waals surface area contributed by atoms with E-state index in [4.69, 9.17) is 15.2 Å². The highest BCUT2D eigenvalue weighted by molar-refractivity contribution is 5.98. The van der Waals surface area contributed by atoms with E-state index in [1.807, 2.05) is 18.2 Å². The average Bonchev–Trinajstić information content (AvgIpc) is 3.23. The molecule has 0 unspecified atom stereocenters. The maximum absolute atomic E-state index is 12.6.